The first-order valence-corrected chi connectivity index (χ1v) is 4.52. The molecule has 0 aromatic rings. The predicted octanol–water partition coefficient (Wildman–Crippen LogP) is 0.900. The molecule has 0 radical (unpaired) electrons. The molecule has 2 heteroatoms. The Morgan fingerprint density at radius 3 is 1.57 bits per heavy atom. The number of rotatable bonds is 0. The maximum absolute atomic E-state index is 8.96. The van der Waals surface area contributed by atoms with Crippen LogP contribution in [-0.2, 0) is 0 Å². The molecule has 0 bridgehead atoms. The molecule has 40 valence electrons. The monoisotopic (exact) mass is 228 g/mol. The van der Waals surface area contributed by atoms with Crippen molar-refractivity contribution in [2.75, 3.05) is 0 Å². The Morgan fingerprint density at radius 1 is 1.43 bits per heavy atom. The van der Waals surface area contributed by atoms with Gasteiger partial charge in [0.1, 0.15) is 0 Å². The van der Waals surface area contributed by atoms with Crippen LogP contribution in [0.15, 0.2) is 0 Å². The molecule has 0 fully saturated rings. The molecule has 0 rings (SSSR count). The molecular weight excluding hydrogens is 217 g/mol. The summed E-state index contributed by atoms with van der Waals surface area (Å²) in [5, 5.41) is 8.96. The second-order valence-corrected chi connectivity index (χ2v) is 4.84. The fourth-order valence-corrected chi connectivity index (χ4v) is 0. The van der Waals surface area contributed by atoms with Crippen LogP contribution in [0.1, 0.15) is 20.8 Å². The third-order valence-electron chi connectivity index (χ3n) is 0.887. The van der Waals surface area contributed by atoms with Gasteiger partial charge >= 0.3 is 72.2 Å². The van der Waals surface area contributed by atoms with Gasteiger partial charge in [0.2, 0.25) is 0 Å². The maximum atomic E-state index is 8.96. The summed E-state index contributed by atoms with van der Waals surface area (Å²) in [6.07, 6.45) is 0. The summed E-state index contributed by atoms with van der Waals surface area (Å²) in [5.41, 5.74) is 0.130. The molecule has 0 amide bonds. The van der Waals surface area contributed by atoms with Crippen LogP contribution >= 0.6 is 0 Å². The van der Waals surface area contributed by atoms with Crippen molar-refractivity contribution < 1.29 is 44.3 Å². The first-order chi connectivity index (χ1) is 2.94. The summed E-state index contributed by atoms with van der Waals surface area (Å²) in [7, 11) is 0. The summed E-state index contributed by atoms with van der Waals surface area (Å²) in [5.74, 6) is 0. The number of aliphatic hydroxyl groups is 1. The van der Waals surface area contributed by atoms with E-state index in [1.807, 2.05) is 0 Å². The number of hydrogen-bond donors (Lipinski definition) is 1. The second kappa shape index (κ2) is 2.75. The molecule has 0 aliphatic carbocycles. The van der Waals surface area contributed by atoms with Gasteiger partial charge in [-0.2, -0.15) is 0 Å². The van der Waals surface area contributed by atoms with Gasteiger partial charge in [-0.3, -0.25) is 0 Å². The molecule has 0 heterocycles. The van der Waals surface area contributed by atoms with E-state index in [1.165, 1.54) is 0 Å². The molecule has 1 N–H and O–H groups in total. The van der Waals surface area contributed by atoms with Gasteiger partial charge in [-0.05, 0) is 0 Å². The molecule has 1 unspecified atom stereocenters. The molecule has 1 nitrogen and oxygen atoms in total. The van der Waals surface area contributed by atoms with Crippen LogP contribution in [0.3, 0.4) is 0 Å². The van der Waals surface area contributed by atoms with Gasteiger partial charge in [-0.1, -0.05) is 0 Å². The third kappa shape index (κ3) is 3.87. The van der Waals surface area contributed by atoms with E-state index in [9.17, 15) is 0 Å². The van der Waals surface area contributed by atoms with E-state index in [0.29, 0.717) is 39.2 Å². The van der Waals surface area contributed by atoms with E-state index in [0.717, 1.165) is 0 Å². The summed E-state index contributed by atoms with van der Waals surface area (Å²) < 4.78 is -0.0347. The Morgan fingerprint density at radius 2 is 1.57 bits per heavy atom. The topological polar surface area (TPSA) is 20.2 Å². The Labute approximate surface area is 71.4 Å². The standard InChI is InChI=1S/C5H11O.Pr/c1-5(2,3)4-6;/h4,6H,1-3H3;. The summed E-state index contributed by atoms with van der Waals surface area (Å²) in [6, 6.07) is 0. The summed E-state index contributed by atoms with van der Waals surface area (Å²) in [6.45, 7) is 6.16. The number of aliphatic hydroxyl groups excluding tert-OH is 1. The SMILES string of the molecule is CC(C)(C)[CH](O)[Pr]. The quantitative estimate of drug-likeness (QED) is 0.653. The summed E-state index contributed by atoms with van der Waals surface area (Å²) >= 11 is 0.699. The Hall–Kier alpha value is 1.32. The molecular formula is C5H11OPr. The van der Waals surface area contributed by atoms with E-state index in [2.05, 4.69) is 20.8 Å². The van der Waals surface area contributed by atoms with E-state index >= 15 is 0 Å². The van der Waals surface area contributed by atoms with Gasteiger partial charge in [0.15, 0.2) is 0 Å². The van der Waals surface area contributed by atoms with Crippen molar-refractivity contribution in [2.45, 2.75) is 22.5 Å². The van der Waals surface area contributed by atoms with Crippen LogP contribution in [0.4, 0.5) is 0 Å². The Bertz CT molecular complexity index is 53.6. The van der Waals surface area contributed by atoms with E-state index in [4.69, 9.17) is 5.11 Å². The van der Waals surface area contributed by atoms with Crippen molar-refractivity contribution in [1.82, 2.24) is 0 Å². The second-order valence-electron chi connectivity index (χ2n) is 2.81. The first kappa shape index (κ1) is 8.32. The Balaban J connectivity index is 3.54. The zero-order valence-corrected chi connectivity index (χ0v) is 8.81. The van der Waals surface area contributed by atoms with E-state index < -0.39 is 0 Å². The fourth-order valence-electron chi connectivity index (χ4n) is 0. The zero-order chi connectivity index (χ0) is 6.08. The zero-order valence-electron chi connectivity index (χ0n) is 5.10. The van der Waals surface area contributed by atoms with Crippen LogP contribution in [0.5, 0.6) is 0 Å². The molecule has 0 aliphatic heterocycles. The fraction of sp³-hybridized carbons (Fsp3) is 1.00. The van der Waals surface area contributed by atoms with Crippen molar-refractivity contribution >= 4 is 0 Å². The van der Waals surface area contributed by atoms with Crippen LogP contribution in [0.2, 0.25) is 0 Å². The average molecular weight is 228 g/mol. The van der Waals surface area contributed by atoms with Crippen molar-refractivity contribution in [3.8, 4) is 0 Å². The van der Waals surface area contributed by atoms with Crippen molar-refractivity contribution in [3.05, 3.63) is 0 Å². The predicted molar refractivity (Wildman–Crippen MR) is 25.5 cm³/mol. The number of hydrogen-bond acceptors (Lipinski definition) is 1. The van der Waals surface area contributed by atoms with Gasteiger partial charge in [-0.25, -0.2) is 0 Å². The molecule has 0 saturated carbocycles. The van der Waals surface area contributed by atoms with Gasteiger partial charge in [0.05, 0.1) is 0 Å². The van der Waals surface area contributed by atoms with Gasteiger partial charge < -0.3 is 0 Å². The van der Waals surface area contributed by atoms with Gasteiger partial charge in [0, 0.05) is 0 Å². The normalized spacial score (nSPS) is 16.4. The van der Waals surface area contributed by atoms with E-state index in [-0.39, 0.29) is 7.10 Å². The van der Waals surface area contributed by atoms with Crippen LogP contribution in [0, 0.1) is 44.6 Å². The Kier molecular flexibility index (Phi) is 3.27. The van der Waals surface area contributed by atoms with Gasteiger partial charge in [0.25, 0.3) is 0 Å². The molecule has 7 heavy (non-hydrogen) atoms. The van der Waals surface area contributed by atoms with Crippen molar-refractivity contribution in [3.63, 3.8) is 0 Å². The minimum atomic E-state index is -0.0347. The molecule has 1 atom stereocenters. The van der Waals surface area contributed by atoms with Crippen LogP contribution in [0.25, 0.3) is 0 Å². The molecule has 0 aromatic heterocycles. The van der Waals surface area contributed by atoms with Crippen LogP contribution in [-0.4, -0.2) is 6.79 Å². The van der Waals surface area contributed by atoms with Crippen molar-refractivity contribution in [2.24, 2.45) is 5.41 Å². The molecule has 0 aromatic carbocycles. The summed E-state index contributed by atoms with van der Waals surface area (Å²) in [4.78, 5) is 0. The van der Waals surface area contributed by atoms with E-state index in [1.54, 1.807) is 0 Å². The van der Waals surface area contributed by atoms with Crippen LogP contribution < -0.4 is 0 Å². The van der Waals surface area contributed by atoms with Crippen molar-refractivity contribution in [1.29, 1.82) is 0 Å². The average Bonchev–Trinajstić information content (AvgIpc) is 1.31. The molecule has 0 saturated heterocycles. The van der Waals surface area contributed by atoms with Gasteiger partial charge in [-0.15, -0.1) is 0 Å². The third-order valence-corrected chi connectivity index (χ3v) is 4.10. The molecule has 0 spiro atoms. The molecule has 0 aliphatic rings. The minimum absolute atomic E-state index is 0.0347. The first-order valence-electron chi connectivity index (χ1n) is 2.38.